The first-order valence-corrected chi connectivity index (χ1v) is 8.37. The minimum absolute atomic E-state index is 0.0861. The lowest BCUT2D eigenvalue weighted by Gasteiger charge is -2.34. The molecule has 11 nitrogen and oxygen atoms in total. The Morgan fingerprint density at radius 1 is 1.03 bits per heavy atom. The molecule has 0 spiro atoms. The van der Waals surface area contributed by atoms with Gasteiger partial charge in [0.25, 0.3) is 5.60 Å². The van der Waals surface area contributed by atoms with E-state index in [2.05, 4.69) is 4.74 Å². The highest BCUT2D eigenvalue weighted by molar-refractivity contribution is 6.09. The molecule has 0 saturated carbocycles. The van der Waals surface area contributed by atoms with Crippen molar-refractivity contribution in [3.8, 4) is 17.2 Å². The average molecular weight is 422 g/mol. The number of carbonyl (C=O) groups excluding carboxylic acids is 2. The van der Waals surface area contributed by atoms with Crippen LogP contribution < -0.4 is 14.9 Å². The standard InChI is InChI=1S/C19H18O11/c1-26-8-5-9(20)13-10(6-8)30-16(15(28-3)14(13)22)18(24)11(21)7-12(27-2)19(18,25)17(23)29-4/h5-7,20,24-25H,1-4H3/t18-,19-/m0/s1. The van der Waals surface area contributed by atoms with Gasteiger partial charge in [0, 0.05) is 18.2 Å². The van der Waals surface area contributed by atoms with Gasteiger partial charge in [-0.15, -0.1) is 0 Å². The van der Waals surface area contributed by atoms with E-state index in [9.17, 15) is 29.7 Å². The molecule has 1 heterocycles. The number of rotatable bonds is 5. The Morgan fingerprint density at radius 2 is 1.70 bits per heavy atom. The van der Waals surface area contributed by atoms with Gasteiger partial charge in [0.15, 0.2) is 5.76 Å². The van der Waals surface area contributed by atoms with E-state index in [1.165, 1.54) is 13.2 Å². The van der Waals surface area contributed by atoms with Gasteiger partial charge in [-0.1, -0.05) is 0 Å². The fourth-order valence-electron chi connectivity index (χ4n) is 3.36. The molecule has 0 saturated heterocycles. The van der Waals surface area contributed by atoms with Crippen LogP contribution in [-0.2, 0) is 24.7 Å². The Kier molecular flexibility index (Phi) is 4.96. The molecule has 0 unspecified atom stereocenters. The van der Waals surface area contributed by atoms with Crippen molar-refractivity contribution < 1.29 is 48.3 Å². The third-order valence-electron chi connectivity index (χ3n) is 4.87. The van der Waals surface area contributed by atoms with Crippen molar-refractivity contribution >= 4 is 22.7 Å². The predicted octanol–water partition coefficient (Wildman–Crippen LogP) is -0.280. The van der Waals surface area contributed by atoms with Crippen LogP contribution in [0.2, 0.25) is 0 Å². The van der Waals surface area contributed by atoms with Gasteiger partial charge in [-0.05, 0) is 0 Å². The van der Waals surface area contributed by atoms with Crippen LogP contribution in [0.5, 0.6) is 17.2 Å². The van der Waals surface area contributed by atoms with E-state index in [1.807, 2.05) is 0 Å². The smallest absolute Gasteiger partial charge is 0.350 e. The summed E-state index contributed by atoms with van der Waals surface area (Å²) in [6, 6.07) is 2.34. The van der Waals surface area contributed by atoms with Crippen LogP contribution in [0.4, 0.5) is 0 Å². The van der Waals surface area contributed by atoms with E-state index in [0.717, 1.165) is 27.4 Å². The van der Waals surface area contributed by atoms with E-state index < -0.39 is 51.4 Å². The fraction of sp³-hybridized carbons (Fsp3) is 0.316. The summed E-state index contributed by atoms with van der Waals surface area (Å²) in [5, 5.41) is 32.2. The highest BCUT2D eigenvalue weighted by atomic mass is 16.6. The van der Waals surface area contributed by atoms with Gasteiger partial charge in [-0.3, -0.25) is 9.59 Å². The molecule has 2 aromatic rings. The number of phenols is 1. The summed E-state index contributed by atoms with van der Waals surface area (Å²) < 4.78 is 25.0. The SMILES string of the molecule is COC(=O)[C@@]1(O)C(OC)=CC(=O)[C@]1(O)c1oc2cc(OC)cc(O)c2c(=O)c1OC. The number of esters is 1. The third-order valence-corrected chi connectivity index (χ3v) is 4.87. The number of ketones is 1. The zero-order chi connectivity index (χ0) is 22.4. The zero-order valence-corrected chi connectivity index (χ0v) is 16.3. The largest absolute Gasteiger partial charge is 0.507 e. The minimum Gasteiger partial charge on any atom is -0.507 e. The molecule has 1 aliphatic rings. The summed E-state index contributed by atoms with van der Waals surface area (Å²) in [5.74, 6) is -5.39. The summed E-state index contributed by atoms with van der Waals surface area (Å²) in [4.78, 5) is 38.1. The van der Waals surface area contributed by atoms with Crippen LogP contribution in [0, 0.1) is 0 Å². The number of ether oxygens (including phenoxy) is 4. The Labute approximate surface area is 168 Å². The highest BCUT2D eigenvalue weighted by Crippen LogP contribution is 2.48. The second kappa shape index (κ2) is 7.04. The highest BCUT2D eigenvalue weighted by Gasteiger charge is 2.71. The maximum atomic E-state index is 13.0. The molecule has 30 heavy (non-hydrogen) atoms. The van der Waals surface area contributed by atoms with Crippen LogP contribution in [0.1, 0.15) is 5.76 Å². The Hall–Kier alpha value is -3.57. The van der Waals surface area contributed by atoms with Gasteiger partial charge in [0.05, 0.1) is 28.4 Å². The second-order valence-electron chi connectivity index (χ2n) is 6.30. The van der Waals surface area contributed by atoms with Crippen LogP contribution in [0.3, 0.4) is 0 Å². The van der Waals surface area contributed by atoms with Crippen molar-refractivity contribution in [3.63, 3.8) is 0 Å². The number of aromatic hydroxyl groups is 1. The first-order valence-electron chi connectivity index (χ1n) is 8.37. The minimum atomic E-state index is -3.18. The normalized spacial score (nSPS) is 23.3. The molecule has 3 N–H and O–H groups in total. The molecule has 1 aromatic heterocycles. The predicted molar refractivity (Wildman–Crippen MR) is 98.2 cm³/mol. The maximum absolute atomic E-state index is 13.0. The van der Waals surface area contributed by atoms with Crippen molar-refractivity contribution in [3.05, 3.63) is 40.0 Å². The Bertz CT molecular complexity index is 1150. The molecule has 2 atom stereocenters. The number of hydrogen-bond acceptors (Lipinski definition) is 11. The molecule has 11 heteroatoms. The van der Waals surface area contributed by atoms with E-state index in [-0.39, 0.29) is 16.7 Å². The Morgan fingerprint density at radius 3 is 2.23 bits per heavy atom. The molecule has 0 radical (unpaired) electrons. The van der Waals surface area contributed by atoms with Crippen molar-refractivity contribution in [2.45, 2.75) is 11.2 Å². The molecule has 160 valence electrons. The molecular weight excluding hydrogens is 404 g/mol. The fourth-order valence-corrected chi connectivity index (χ4v) is 3.36. The van der Waals surface area contributed by atoms with Crippen molar-refractivity contribution in [2.75, 3.05) is 28.4 Å². The van der Waals surface area contributed by atoms with Crippen LogP contribution in [0.15, 0.2) is 33.2 Å². The lowest BCUT2D eigenvalue weighted by Crippen LogP contribution is -2.59. The van der Waals surface area contributed by atoms with Crippen LogP contribution >= 0.6 is 0 Å². The van der Waals surface area contributed by atoms with Gasteiger partial charge in [-0.2, -0.15) is 0 Å². The van der Waals surface area contributed by atoms with Crippen molar-refractivity contribution in [1.29, 1.82) is 0 Å². The summed E-state index contributed by atoms with van der Waals surface area (Å²) in [5.41, 5.74) is -7.56. The molecule has 1 aromatic carbocycles. The van der Waals surface area contributed by atoms with E-state index in [4.69, 9.17) is 18.6 Å². The number of hydrogen-bond donors (Lipinski definition) is 3. The monoisotopic (exact) mass is 422 g/mol. The summed E-state index contributed by atoms with van der Waals surface area (Å²) >= 11 is 0. The summed E-state index contributed by atoms with van der Waals surface area (Å²) in [6.45, 7) is 0. The number of phenolic OH excluding ortho intramolecular Hbond substituents is 1. The van der Waals surface area contributed by atoms with Crippen molar-refractivity contribution in [2.24, 2.45) is 0 Å². The molecule has 1 aliphatic carbocycles. The summed E-state index contributed by atoms with van der Waals surface area (Å²) in [6.07, 6.45) is 0.670. The third kappa shape index (κ3) is 2.49. The number of benzene rings is 1. The topological polar surface area (TPSA) is 162 Å². The second-order valence-corrected chi connectivity index (χ2v) is 6.30. The number of aliphatic hydroxyl groups is 2. The van der Waals surface area contributed by atoms with Crippen LogP contribution in [0.25, 0.3) is 11.0 Å². The number of methoxy groups -OCH3 is 4. The molecule has 3 rings (SSSR count). The Balaban J connectivity index is 2.46. The van der Waals surface area contributed by atoms with Gasteiger partial charge in [0.1, 0.15) is 28.2 Å². The number of fused-ring (bicyclic) bond motifs is 1. The summed E-state index contributed by atoms with van der Waals surface area (Å²) in [7, 11) is 4.29. The molecule has 0 bridgehead atoms. The van der Waals surface area contributed by atoms with Gasteiger partial charge >= 0.3 is 5.97 Å². The first kappa shape index (κ1) is 21.1. The number of carbonyl (C=O) groups is 2. The maximum Gasteiger partial charge on any atom is 0.350 e. The van der Waals surface area contributed by atoms with E-state index in [0.29, 0.717) is 6.08 Å². The van der Waals surface area contributed by atoms with Crippen LogP contribution in [-0.4, -0.2) is 61.1 Å². The van der Waals surface area contributed by atoms with E-state index >= 15 is 0 Å². The van der Waals surface area contributed by atoms with Gasteiger partial charge in [0.2, 0.25) is 22.6 Å². The van der Waals surface area contributed by atoms with Crippen molar-refractivity contribution in [1.82, 2.24) is 0 Å². The van der Waals surface area contributed by atoms with Gasteiger partial charge in [-0.25, -0.2) is 4.79 Å². The molecule has 0 fully saturated rings. The lowest BCUT2D eigenvalue weighted by atomic mass is 9.81. The molecule has 0 amide bonds. The average Bonchev–Trinajstić information content (AvgIpc) is 2.94. The van der Waals surface area contributed by atoms with E-state index in [1.54, 1.807) is 0 Å². The quantitative estimate of drug-likeness (QED) is 0.543. The molecule has 0 aliphatic heterocycles. The lowest BCUT2D eigenvalue weighted by molar-refractivity contribution is -0.196. The first-order chi connectivity index (χ1) is 14.1. The zero-order valence-electron chi connectivity index (χ0n) is 16.3. The molecular formula is C19H18O11. The van der Waals surface area contributed by atoms with Gasteiger partial charge < -0.3 is 38.7 Å².